The molecule has 0 amide bonds. The summed E-state index contributed by atoms with van der Waals surface area (Å²) < 4.78 is 0. The molecule has 0 aliphatic heterocycles. The molecule has 42 valence electrons. The van der Waals surface area contributed by atoms with E-state index in [9.17, 15) is 0 Å². The number of rotatable bonds is 0. The first-order chi connectivity index (χ1) is 3.88. The second-order valence-corrected chi connectivity index (χ2v) is 3.70. The van der Waals surface area contributed by atoms with Crippen molar-refractivity contribution in [3.05, 3.63) is 11.1 Å². The van der Waals surface area contributed by atoms with E-state index in [1.54, 1.807) is 0 Å². The van der Waals surface area contributed by atoms with Gasteiger partial charge in [0.2, 0.25) is 0 Å². The molecule has 4 rings (SSSR count). The Balaban J connectivity index is 2.05. The van der Waals surface area contributed by atoms with Crippen molar-refractivity contribution in [2.24, 2.45) is 23.7 Å². The van der Waals surface area contributed by atoms with Crippen molar-refractivity contribution in [2.75, 3.05) is 0 Å². The number of hydrogen-bond donors (Lipinski definition) is 0. The molecule has 2 bridgehead atoms. The molecule has 0 aromatic rings. The molecule has 8 heavy (non-hydrogen) atoms. The van der Waals surface area contributed by atoms with Gasteiger partial charge in [-0.1, -0.05) is 17.7 Å². The fourth-order valence-corrected chi connectivity index (χ4v) is 2.56. The highest BCUT2D eigenvalue weighted by molar-refractivity contribution is 6.29. The summed E-state index contributed by atoms with van der Waals surface area (Å²) >= 11 is 5.82. The normalized spacial score (nSPS) is 63.9. The van der Waals surface area contributed by atoms with E-state index in [1.165, 1.54) is 6.42 Å². The molecule has 0 nitrogen and oxygen atoms in total. The van der Waals surface area contributed by atoms with Crippen LogP contribution in [-0.2, 0) is 0 Å². The standard InChI is InChI=1S/C7H7Cl/c8-3-1-4-6-5(2-3)7(4)6/h1,4-7H,2H2. The van der Waals surface area contributed by atoms with Crippen LogP contribution in [0.5, 0.6) is 0 Å². The van der Waals surface area contributed by atoms with E-state index in [0.717, 1.165) is 28.7 Å². The molecule has 0 aromatic carbocycles. The Morgan fingerprint density at radius 2 is 2.25 bits per heavy atom. The first-order valence-electron chi connectivity index (χ1n) is 3.24. The quantitative estimate of drug-likeness (QED) is 0.466. The van der Waals surface area contributed by atoms with Crippen molar-refractivity contribution in [1.29, 1.82) is 0 Å². The van der Waals surface area contributed by atoms with Crippen LogP contribution in [0.1, 0.15) is 6.42 Å². The minimum absolute atomic E-state index is 0.946. The van der Waals surface area contributed by atoms with Crippen LogP contribution >= 0.6 is 11.6 Å². The molecule has 0 saturated heterocycles. The van der Waals surface area contributed by atoms with E-state index in [4.69, 9.17) is 11.6 Å². The highest BCUT2D eigenvalue weighted by Gasteiger charge is 2.73. The Labute approximate surface area is 53.5 Å². The van der Waals surface area contributed by atoms with Crippen LogP contribution in [0, 0.1) is 23.7 Å². The van der Waals surface area contributed by atoms with Gasteiger partial charge in [0, 0.05) is 5.03 Å². The van der Waals surface area contributed by atoms with Crippen LogP contribution < -0.4 is 0 Å². The Morgan fingerprint density at radius 3 is 2.62 bits per heavy atom. The Hall–Kier alpha value is 0.0300. The van der Waals surface area contributed by atoms with Gasteiger partial charge in [-0.25, -0.2) is 0 Å². The number of halogens is 1. The predicted octanol–water partition coefficient (Wildman–Crippen LogP) is 2.00. The average molecular weight is 127 g/mol. The lowest BCUT2D eigenvalue weighted by Crippen LogP contribution is -2.04. The van der Waals surface area contributed by atoms with Crippen LogP contribution in [0.25, 0.3) is 0 Å². The van der Waals surface area contributed by atoms with Gasteiger partial charge in [-0.15, -0.1) is 0 Å². The fraction of sp³-hybridized carbons (Fsp3) is 0.714. The minimum atomic E-state index is 0.946. The molecule has 2 fully saturated rings. The van der Waals surface area contributed by atoms with Gasteiger partial charge in [0.05, 0.1) is 0 Å². The van der Waals surface area contributed by atoms with Gasteiger partial charge in [0.25, 0.3) is 0 Å². The van der Waals surface area contributed by atoms with E-state index in [2.05, 4.69) is 6.08 Å². The zero-order chi connectivity index (χ0) is 5.30. The topological polar surface area (TPSA) is 0 Å². The molecule has 0 N–H and O–H groups in total. The summed E-state index contributed by atoms with van der Waals surface area (Å²) in [7, 11) is 0. The summed E-state index contributed by atoms with van der Waals surface area (Å²) in [5.41, 5.74) is 0. The Morgan fingerprint density at radius 1 is 1.50 bits per heavy atom. The summed E-state index contributed by atoms with van der Waals surface area (Å²) in [6.45, 7) is 0. The zero-order valence-corrected chi connectivity index (χ0v) is 5.23. The third-order valence-corrected chi connectivity index (χ3v) is 3.12. The average Bonchev–Trinajstić information content (AvgIpc) is 2.53. The third-order valence-electron chi connectivity index (χ3n) is 2.84. The van der Waals surface area contributed by atoms with E-state index in [-0.39, 0.29) is 0 Å². The SMILES string of the molecule is ClC1=CC2C3C(C1)C23. The van der Waals surface area contributed by atoms with E-state index >= 15 is 0 Å². The third kappa shape index (κ3) is 0.264. The van der Waals surface area contributed by atoms with Crippen molar-refractivity contribution >= 4 is 11.6 Å². The maximum absolute atomic E-state index is 5.82. The van der Waals surface area contributed by atoms with Gasteiger partial charge in [0.1, 0.15) is 0 Å². The smallest absolute Gasteiger partial charge is 0.0147 e. The Bertz CT molecular complexity index is 173. The minimum Gasteiger partial charge on any atom is -0.0895 e. The van der Waals surface area contributed by atoms with Gasteiger partial charge in [-0.3, -0.25) is 0 Å². The van der Waals surface area contributed by atoms with Crippen LogP contribution in [-0.4, -0.2) is 0 Å². The molecule has 4 aliphatic carbocycles. The lowest BCUT2D eigenvalue weighted by atomic mass is 9.95. The van der Waals surface area contributed by atoms with Crippen LogP contribution in [0.3, 0.4) is 0 Å². The highest BCUT2D eigenvalue weighted by Crippen LogP contribution is 2.78. The van der Waals surface area contributed by atoms with Crippen molar-refractivity contribution in [3.63, 3.8) is 0 Å². The van der Waals surface area contributed by atoms with Crippen molar-refractivity contribution in [2.45, 2.75) is 6.42 Å². The van der Waals surface area contributed by atoms with Gasteiger partial charge >= 0.3 is 0 Å². The summed E-state index contributed by atoms with van der Waals surface area (Å²) in [5, 5.41) is 1.13. The monoisotopic (exact) mass is 126 g/mol. The summed E-state index contributed by atoms with van der Waals surface area (Å²) in [4.78, 5) is 0. The second kappa shape index (κ2) is 0.881. The Kier molecular flexibility index (Phi) is 0.435. The number of allylic oxidation sites excluding steroid dienone is 2. The van der Waals surface area contributed by atoms with Crippen molar-refractivity contribution in [1.82, 2.24) is 0 Å². The van der Waals surface area contributed by atoms with Crippen molar-refractivity contribution < 1.29 is 0 Å². The van der Waals surface area contributed by atoms with Gasteiger partial charge in [-0.05, 0) is 30.1 Å². The lowest BCUT2D eigenvalue weighted by molar-refractivity contribution is 0.511. The van der Waals surface area contributed by atoms with Crippen LogP contribution in [0.4, 0.5) is 0 Å². The van der Waals surface area contributed by atoms with Gasteiger partial charge in [0.15, 0.2) is 0 Å². The molecular formula is C7H7Cl. The first-order valence-corrected chi connectivity index (χ1v) is 3.62. The highest BCUT2D eigenvalue weighted by atomic mass is 35.5. The first kappa shape index (κ1) is 3.94. The molecule has 2 saturated carbocycles. The van der Waals surface area contributed by atoms with Crippen LogP contribution in [0.2, 0.25) is 0 Å². The molecule has 1 heteroatoms. The van der Waals surface area contributed by atoms with E-state index in [1.807, 2.05) is 0 Å². The summed E-state index contributed by atoms with van der Waals surface area (Å²) in [6, 6.07) is 0. The molecule has 0 heterocycles. The fourth-order valence-electron chi connectivity index (χ4n) is 2.23. The largest absolute Gasteiger partial charge is 0.0895 e. The van der Waals surface area contributed by atoms with E-state index in [0.29, 0.717) is 0 Å². The predicted molar refractivity (Wildman–Crippen MR) is 32.5 cm³/mol. The molecular weight excluding hydrogens is 120 g/mol. The summed E-state index contributed by atoms with van der Waals surface area (Å²) in [5.74, 6) is 4.20. The summed E-state index contributed by atoms with van der Waals surface area (Å²) in [6.07, 6.45) is 3.46. The number of hydrogen-bond acceptors (Lipinski definition) is 0. The maximum Gasteiger partial charge on any atom is 0.0147 e. The molecule has 0 spiro atoms. The maximum atomic E-state index is 5.82. The molecule has 0 aromatic heterocycles. The molecule has 0 radical (unpaired) electrons. The second-order valence-electron chi connectivity index (χ2n) is 3.21. The lowest BCUT2D eigenvalue weighted by Gasteiger charge is -2.13. The molecule has 2 unspecified atom stereocenters. The van der Waals surface area contributed by atoms with Crippen LogP contribution in [0.15, 0.2) is 11.1 Å². The van der Waals surface area contributed by atoms with Gasteiger partial charge < -0.3 is 0 Å². The zero-order valence-electron chi connectivity index (χ0n) is 4.47. The molecule has 4 aliphatic rings. The van der Waals surface area contributed by atoms with Gasteiger partial charge in [-0.2, -0.15) is 0 Å². The van der Waals surface area contributed by atoms with Crippen molar-refractivity contribution in [3.8, 4) is 0 Å². The molecule has 2 atom stereocenters. The van der Waals surface area contributed by atoms with E-state index < -0.39 is 0 Å². The number of fused-ring (bicyclic) bond motifs is 1.